The summed E-state index contributed by atoms with van der Waals surface area (Å²) in [5, 5.41) is 14.5. The van der Waals surface area contributed by atoms with Crippen molar-refractivity contribution in [2.24, 2.45) is 0 Å². The molecule has 0 atom stereocenters. The summed E-state index contributed by atoms with van der Waals surface area (Å²) >= 11 is 0. The zero-order chi connectivity index (χ0) is 17.9. The zero-order valence-corrected chi connectivity index (χ0v) is 13.7. The van der Waals surface area contributed by atoms with Gasteiger partial charge in [0.1, 0.15) is 5.75 Å². The highest BCUT2D eigenvalue weighted by atomic mass is 16.3. The number of rotatable bonds is 4. The number of aromatic hydroxyl groups is 1. The van der Waals surface area contributed by atoms with Crippen LogP contribution in [0, 0.1) is 0 Å². The van der Waals surface area contributed by atoms with Crippen LogP contribution in [0.4, 0.5) is 0 Å². The minimum Gasteiger partial charge on any atom is -0.508 e. The predicted molar refractivity (Wildman–Crippen MR) is 96.5 cm³/mol. The molecule has 4 aromatic rings. The number of hydrogen-bond donors (Lipinski definition) is 2. The Morgan fingerprint density at radius 2 is 2.00 bits per heavy atom. The maximum Gasteiger partial charge on any atom is 0.288 e. The largest absolute Gasteiger partial charge is 0.508 e. The molecule has 0 radical (unpaired) electrons. The highest BCUT2D eigenvalue weighted by molar-refractivity contribution is 5.98. The average Bonchev–Trinajstić information content (AvgIpc) is 3.20. The summed E-state index contributed by atoms with van der Waals surface area (Å²) in [5.74, 6) is 0.0634. The monoisotopic (exact) mass is 345 g/mol. The number of nitrogens with zero attached hydrogens (tertiary/aromatic N) is 2. The molecule has 0 aliphatic rings. The highest BCUT2D eigenvalue weighted by Gasteiger charge is 2.12. The zero-order valence-electron chi connectivity index (χ0n) is 13.7. The fourth-order valence-corrected chi connectivity index (χ4v) is 2.92. The van der Waals surface area contributed by atoms with Crippen molar-refractivity contribution < 1.29 is 14.3 Å². The third-order valence-electron chi connectivity index (χ3n) is 4.16. The molecule has 0 spiro atoms. The van der Waals surface area contributed by atoms with Gasteiger partial charge in [0.05, 0.1) is 6.20 Å². The number of pyridine rings is 1. The first-order valence-corrected chi connectivity index (χ1v) is 8.04. The second kappa shape index (κ2) is 6.68. The molecule has 0 unspecified atom stereocenters. The van der Waals surface area contributed by atoms with Gasteiger partial charge in [-0.05, 0) is 40.3 Å². The maximum absolute atomic E-state index is 12.1. The van der Waals surface area contributed by atoms with Gasteiger partial charge in [0, 0.05) is 24.3 Å². The molecule has 6 nitrogen and oxygen atoms in total. The molecular formula is C20H15N3O3. The number of fused-ring (bicyclic) bond motifs is 1. The van der Waals surface area contributed by atoms with Gasteiger partial charge in [0.25, 0.3) is 5.91 Å². The lowest BCUT2D eigenvalue weighted by molar-refractivity contribution is 0.0923. The second-order valence-electron chi connectivity index (χ2n) is 5.79. The molecule has 0 aliphatic heterocycles. The fraction of sp³-hybridized carbons (Fsp3) is 0.0500. The Labute approximate surface area is 149 Å². The molecule has 0 saturated heterocycles. The summed E-state index contributed by atoms with van der Waals surface area (Å²) in [6.07, 6.45) is 6.10. The van der Waals surface area contributed by atoms with Gasteiger partial charge < -0.3 is 14.8 Å². The van der Waals surface area contributed by atoms with Gasteiger partial charge in [-0.3, -0.25) is 9.78 Å². The summed E-state index contributed by atoms with van der Waals surface area (Å²) < 4.78 is 5.00. The van der Waals surface area contributed by atoms with Gasteiger partial charge in [-0.15, -0.1) is 0 Å². The second-order valence-corrected chi connectivity index (χ2v) is 5.79. The van der Waals surface area contributed by atoms with Crippen molar-refractivity contribution >= 4 is 16.7 Å². The Kier molecular flexibility index (Phi) is 4.07. The number of phenols is 1. The van der Waals surface area contributed by atoms with E-state index in [-0.39, 0.29) is 17.4 Å². The van der Waals surface area contributed by atoms with E-state index in [2.05, 4.69) is 15.3 Å². The van der Waals surface area contributed by atoms with Crippen LogP contribution >= 0.6 is 0 Å². The van der Waals surface area contributed by atoms with Gasteiger partial charge in [-0.25, -0.2) is 4.98 Å². The third kappa shape index (κ3) is 3.00. The smallest absolute Gasteiger partial charge is 0.288 e. The van der Waals surface area contributed by atoms with Crippen LogP contribution in [0.15, 0.2) is 71.9 Å². The van der Waals surface area contributed by atoms with Crippen LogP contribution < -0.4 is 5.32 Å². The number of benzene rings is 2. The molecule has 6 heteroatoms. The molecule has 4 rings (SSSR count). The molecule has 2 heterocycles. The Bertz CT molecular complexity index is 1070. The van der Waals surface area contributed by atoms with E-state index in [1.807, 2.05) is 30.3 Å². The maximum atomic E-state index is 12.1. The Morgan fingerprint density at radius 1 is 1.08 bits per heavy atom. The molecule has 1 amide bonds. The Balaban J connectivity index is 1.69. The topological polar surface area (TPSA) is 88.2 Å². The van der Waals surface area contributed by atoms with E-state index in [1.165, 1.54) is 12.6 Å². The number of amides is 1. The molecule has 0 fully saturated rings. The molecule has 2 aromatic carbocycles. The first-order chi connectivity index (χ1) is 12.7. The van der Waals surface area contributed by atoms with Gasteiger partial charge in [0.15, 0.2) is 6.39 Å². The fourth-order valence-electron chi connectivity index (χ4n) is 2.92. The number of phenolic OH excluding ortho intramolecular Hbond substituents is 1. The molecule has 0 bridgehead atoms. The SMILES string of the molecule is O=C(NCc1ccc(-c2cccc(O)c2)c2ccncc12)c1cnco1. The summed E-state index contributed by atoms with van der Waals surface area (Å²) in [7, 11) is 0. The predicted octanol–water partition coefficient (Wildman–Crippen LogP) is 3.53. The summed E-state index contributed by atoms with van der Waals surface area (Å²) in [5.41, 5.74) is 2.84. The van der Waals surface area contributed by atoms with E-state index in [0.717, 1.165) is 27.5 Å². The Morgan fingerprint density at radius 3 is 2.81 bits per heavy atom. The summed E-state index contributed by atoms with van der Waals surface area (Å²) in [6.45, 7) is 0.335. The van der Waals surface area contributed by atoms with E-state index in [4.69, 9.17) is 4.42 Å². The van der Waals surface area contributed by atoms with Crippen molar-refractivity contribution in [3.05, 3.63) is 78.8 Å². The van der Waals surface area contributed by atoms with Crippen molar-refractivity contribution in [1.29, 1.82) is 0 Å². The lowest BCUT2D eigenvalue weighted by Crippen LogP contribution is -2.22. The van der Waals surface area contributed by atoms with E-state index in [0.29, 0.717) is 6.54 Å². The lowest BCUT2D eigenvalue weighted by atomic mass is 9.96. The van der Waals surface area contributed by atoms with Crippen molar-refractivity contribution in [3.63, 3.8) is 0 Å². The van der Waals surface area contributed by atoms with Crippen LogP contribution in [-0.4, -0.2) is 21.0 Å². The number of aromatic nitrogens is 2. The first kappa shape index (κ1) is 15.8. The van der Waals surface area contributed by atoms with E-state index >= 15 is 0 Å². The van der Waals surface area contributed by atoms with Crippen LogP contribution in [0.25, 0.3) is 21.9 Å². The van der Waals surface area contributed by atoms with Crippen LogP contribution in [0.1, 0.15) is 16.1 Å². The van der Waals surface area contributed by atoms with Crippen LogP contribution in [0.2, 0.25) is 0 Å². The lowest BCUT2D eigenvalue weighted by Gasteiger charge is -2.12. The summed E-state index contributed by atoms with van der Waals surface area (Å²) in [4.78, 5) is 20.0. The van der Waals surface area contributed by atoms with Gasteiger partial charge >= 0.3 is 0 Å². The molecule has 26 heavy (non-hydrogen) atoms. The number of carbonyl (C=O) groups is 1. The van der Waals surface area contributed by atoms with Gasteiger partial charge in [0.2, 0.25) is 5.76 Å². The number of oxazole rings is 1. The van der Waals surface area contributed by atoms with Crippen LogP contribution in [0.5, 0.6) is 5.75 Å². The summed E-state index contributed by atoms with van der Waals surface area (Å²) in [6, 6.07) is 13.0. The van der Waals surface area contributed by atoms with Crippen molar-refractivity contribution in [3.8, 4) is 16.9 Å². The first-order valence-electron chi connectivity index (χ1n) is 8.04. The molecule has 0 aliphatic carbocycles. The van der Waals surface area contributed by atoms with Crippen molar-refractivity contribution in [1.82, 2.24) is 15.3 Å². The number of nitrogens with one attached hydrogen (secondary N) is 1. The number of carbonyl (C=O) groups excluding carboxylic acids is 1. The van der Waals surface area contributed by atoms with E-state index < -0.39 is 0 Å². The molecule has 0 saturated carbocycles. The van der Waals surface area contributed by atoms with Crippen LogP contribution in [0.3, 0.4) is 0 Å². The highest BCUT2D eigenvalue weighted by Crippen LogP contribution is 2.31. The quantitative estimate of drug-likeness (QED) is 0.591. The van der Waals surface area contributed by atoms with Gasteiger partial charge in [-0.2, -0.15) is 0 Å². The minimum atomic E-state index is -0.323. The van der Waals surface area contributed by atoms with Gasteiger partial charge in [-0.1, -0.05) is 24.3 Å². The normalized spacial score (nSPS) is 10.8. The minimum absolute atomic E-state index is 0.170. The van der Waals surface area contributed by atoms with E-state index in [9.17, 15) is 9.90 Å². The van der Waals surface area contributed by atoms with Crippen molar-refractivity contribution in [2.75, 3.05) is 0 Å². The standard InChI is InChI=1S/C20H15N3O3/c24-15-3-1-2-13(8-15)16-5-4-14(18-10-21-7-6-17(16)18)9-23-20(25)19-11-22-12-26-19/h1-8,10-12,24H,9H2,(H,23,25). The van der Waals surface area contributed by atoms with E-state index in [1.54, 1.807) is 24.5 Å². The number of hydrogen-bond acceptors (Lipinski definition) is 5. The molecule has 128 valence electrons. The average molecular weight is 345 g/mol. The van der Waals surface area contributed by atoms with Crippen LogP contribution in [-0.2, 0) is 6.54 Å². The molecule has 2 aromatic heterocycles. The Hall–Kier alpha value is -3.67. The third-order valence-corrected chi connectivity index (χ3v) is 4.16. The van der Waals surface area contributed by atoms with Crippen molar-refractivity contribution in [2.45, 2.75) is 6.54 Å². The molecular weight excluding hydrogens is 330 g/mol. The molecule has 2 N–H and O–H groups in total.